The molecule has 2 aliphatic rings. The highest BCUT2D eigenvalue weighted by molar-refractivity contribution is 6.02. The molecule has 2 aliphatic heterocycles. The number of benzene rings is 1. The fourth-order valence-electron chi connectivity index (χ4n) is 2.76. The van der Waals surface area contributed by atoms with Crippen LogP contribution in [-0.2, 0) is 4.74 Å². The number of para-hydroxylation sites is 1. The van der Waals surface area contributed by atoms with Crippen molar-refractivity contribution in [2.24, 2.45) is 11.7 Å². The Hall–Kier alpha value is -1.39. The lowest BCUT2D eigenvalue weighted by Crippen LogP contribution is -2.56. The maximum atomic E-state index is 12.5. The molecule has 3 rings (SSSR count). The Morgan fingerprint density at radius 2 is 1.94 bits per heavy atom. The average molecular weight is 247 g/mol. The van der Waals surface area contributed by atoms with Crippen LogP contribution in [0, 0.1) is 5.92 Å². The molecule has 0 saturated carbocycles. The van der Waals surface area contributed by atoms with Gasteiger partial charge in [0.15, 0.2) is 5.78 Å². The van der Waals surface area contributed by atoms with Gasteiger partial charge in [0.25, 0.3) is 0 Å². The number of hydrogen-bond acceptors (Lipinski definition) is 4. The minimum absolute atomic E-state index is 0.112. The normalized spacial score (nSPS) is 26.3. The van der Waals surface area contributed by atoms with E-state index in [-0.39, 0.29) is 11.7 Å². The number of rotatable bonds is 1. The summed E-state index contributed by atoms with van der Waals surface area (Å²) >= 11 is 0. The van der Waals surface area contributed by atoms with Gasteiger partial charge in [-0.05, 0) is 25.0 Å². The van der Waals surface area contributed by atoms with Gasteiger partial charge in [0.1, 0.15) is 12.4 Å². The second-order valence-electron chi connectivity index (χ2n) is 5.07. The molecular formula is C14H17NO3. The van der Waals surface area contributed by atoms with Crippen molar-refractivity contribution in [3.05, 3.63) is 29.8 Å². The van der Waals surface area contributed by atoms with E-state index < -0.39 is 5.54 Å². The van der Waals surface area contributed by atoms with Crippen LogP contribution >= 0.6 is 0 Å². The minimum atomic E-state index is -0.483. The van der Waals surface area contributed by atoms with Gasteiger partial charge in [-0.2, -0.15) is 0 Å². The van der Waals surface area contributed by atoms with Crippen molar-refractivity contribution in [3.8, 4) is 5.75 Å². The topological polar surface area (TPSA) is 61.5 Å². The second-order valence-corrected chi connectivity index (χ2v) is 5.07. The van der Waals surface area contributed by atoms with E-state index in [2.05, 4.69) is 0 Å². The van der Waals surface area contributed by atoms with Crippen LogP contribution in [0.15, 0.2) is 24.3 Å². The third-order valence-corrected chi connectivity index (χ3v) is 3.99. The van der Waals surface area contributed by atoms with E-state index in [0.29, 0.717) is 31.1 Å². The quantitative estimate of drug-likeness (QED) is 0.814. The molecule has 1 fully saturated rings. The zero-order valence-corrected chi connectivity index (χ0v) is 10.2. The van der Waals surface area contributed by atoms with Crippen LogP contribution in [0.4, 0.5) is 0 Å². The van der Waals surface area contributed by atoms with E-state index in [4.69, 9.17) is 15.2 Å². The molecule has 4 heteroatoms. The molecule has 1 unspecified atom stereocenters. The summed E-state index contributed by atoms with van der Waals surface area (Å²) in [5.74, 6) is 0.534. The Morgan fingerprint density at radius 3 is 2.72 bits per heavy atom. The van der Waals surface area contributed by atoms with Crippen LogP contribution in [0.25, 0.3) is 0 Å². The molecule has 2 heterocycles. The molecule has 0 amide bonds. The monoisotopic (exact) mass is 247 g/mol. The molecule has 0 spiro atoms. The smallest absolute Gasteiger partial charge is 0.174 e. The summed E-state index contributed by atoms with van der Waals surface area (Å²) in [6.45, 7) is 1.64. The Balaban J connectivity index is 1.90. The van der Waals surface area contributed by atoms with Gasteiger partial charge < -0.3 is 15.2 Å². The van der Waals surface area contributed by atoms with Gasteiger partial charge in [-0.1, -0.05) is 12.1 Å². The van der Waals surface area contributed by atoms with Crippen LogP contribution in [-0.4, -0.2) is 31.1 Å². The summed E-state index contributed by atoms with van der Waals surface area (Å²) in [6, 6.07) is 7.37. The van der Waals surface area contributed by atoms with Crippen molar-refractivity contribution < 1.29 is 14.3 Å². The van der Waals surface area contributed by atoms with Gasteiger partial charge in [0.05, 0.1) is 11.5 Å². The molecule has 96 valence electrons. The fraction of sp³-hybridized carbons (Fsp3) is 0.500. The molecule has 1 atom stereocenters. The zero-order valence-electron chi connectivity index (χ0n) is 10.2. The second kappa shape index (κ2) is 4.37. The highest BCUT2D eigenvalue weighted by atomic mass is 16.5. The van der Waals surface area contributed by atoms with Crippen LogP contribution in [0.5, 0.6) is 5.75 Å². The van der Waals surface area contributed by atoms with Gasteiger partial charge in [0.2, 0.25) is 0 Å². The Bertz CT molecular complexity index is 466. The van der Waals surface area contributed by atoms with Crippen LogP contribution < -0.4 is 10.5 Å². The van der Waals surface area contributed by atoms with Crippen molar-refractivity contribution >= 4 is 5.78 Å². The van der Waals surface area contributed by atoms with Gasteiger partial charge in [-0.3, -0.25) is 4.79 Å². The number of fused-ring (bicyclic) bond motifs is 1. The number of nitrogens with two attached hydrogens (primary N) is 1. The zero-order chi connectivity index (χ0) is 12.6. The third-order valence-electron chi connectivity index (χ3n) is 3.99. The first-order valence-corrected chi connectivity index (χ1v) is 6.33. The number of ketones is 1. The van der Waals surface area contributed by atoms with E-state index in [1.807, 2.05) is 24.3 Å². The summed E-state index contributed by atoms with van der Waals surface area (Å²) in [5.41, 5.74) is 6.57. The molecule has 0 aromatic heterocycles. The average Bonchev–Trinajstić information content (AvgIpc) is 2.40. The van der Waals surface area contributed by atoms with Crippen molar-refractivity contribution in [3.63, 3.8) is 0 Å². The molecule has 18 heavy (non-hydrogen) atoms. The van der Waals surface area contributed by atoms with Gasteiger partial charge in [0, 0.05) is 18.8 Å². The predicted molar refractivity (Wildman–Crippen MR) is 66.7 cm³/mol. The Kier molecular flexibility index (Phi) is 2.84. The first-order chi connectivity index (χ1) is 8.71. The molecule has 0 bridgehead atoms. The molecule has 1 aromatic carbocycles. The lowest BCUT2D eigenvalue weighted by Gasteiger charge is -2.41. The van der Waals surface area contributed by atoms with Crippen LogP contribution in [0.3, 0.4) is 0 Å². The summed E-state index contributed by atoms with van der Waals surface area (Å²) in [7, 11) is 0. The number of carbonyl (C=O) groups is 1. The number of carbonyl (C=O) groups excluding carboxylic acids is 1. The van der Waals surface area contributed by atoms with Crippen LogP contribution in [0.2, 0.25) is 0 Å². The van der Waals surface area contributed by atoms with E-state index >= 15 is 0 Å². The standard InChI is InChI=1S/C14H17NO3/c15-14(5-7-17-8-6-14)11-9-18-12-4-2-1-3-10(12)13(11)16/h1-4,11H,5-9,15H2. The molecule has 0 radical (unpaired) electrons. The third kappa shape index (κ3) is 1.82. The number of Topliss-reactive ketones (excluding diaryl/α,β-unsaturated/α-hetero) is 1. The first-order valence-electron chi connectivity index (χ1n) is 6.33. The first kappa shape index (κ1) is 11.7. The van der Waals surface area contributed by atoms with Gasteiger partial charge >= 0.3 is 0 Å². The van der Waals surface area contributed by atoms with E-state index in [9.17, 15) is 4.79 Å². The van der Waals surface area contributed by atoms with Crippen LogP contribution in [0.1, 0.15) is 23.2 Å². The highest BCUT2D eigenvalue weighted by Gasteiger charge is 2.44. The van der Waals surface area contributed by atoms with Crippen molar-refractivity contribution in [2.75, 3.05) is 19.8 Å². The molecule has 4 nitrogen and oxygen atoms in total. The summed E-state index contributed by atoms with van der Waals surface area (Å²) < 4.78 is 11.0. The molecule has 0 aliphatic carbocycles. The Labute approximate surface area is 106 Å². The summed E-state index contributed by atoms with van der Waals surface area (Å²) in [5, 5.41) is 0. The number of ether oxygens (including phenoxy) is 2. The number of hydrogen-bond donors (Lipinski definition) is 1. The van der Waals surface area contributed by atoms with Gasteiger partial charge in [-0.15, -0.1) is 0 Å². The minimum Gasteiger partial charge on any atom is -0.492 e. The predicted octanol–water partition coefficient (Wildman–Crippen LogP) is 1.39. The molecule has 1 aromatic rings. The maximum absolute atomic E-state index is 12.5. The largest absolute Gasteiger partial charge is 0.492 e. The van der Waals surface area contributed by atoms with E-state index in [1.54, 1.807) is 0 Å². The maximum Gasteiger partial charge on any atom is 0.174 e. The molecular weight excluding hydrogens is 230 g/mol. The lowest BCUT2D eigenvalue weighted by atomic mass is 9.74. The van der Waals surface area contributed by atoms with Crippen molar-refractivity contribution in [1.82, 2.24) is 0 Å². The van der Waals surface area contributed by atoms with E-state index in [0.717, 1.165) is 12.8 Å². The summed E-state index contributed by atoms with van der Waals surface area (Å²) in [6.07, 6.45) is 1.43. The van der Waals surface area contributed by atoms with Crippen molar-refractivity contribution in [1.29, 1.82) is 0 Å². The molecule has 1 saturated heterocycles. The summed E-state index contributed by atoms with van der Waals surface area (Å²) in [4.78, 5) is 12.5. The lowest BCUT2D eigenvalue weighted by molar-refractivity contribution is 0.0169. The fourth-order valence-corrected chi connectivity index (χ4v) is 2.76. The van der Waals surface area contributed by atoms with E-state index in [1.165, 1.54) is 0 Å². The van der Waals surface area contributed by atoms with Crippen molar-refractivity contribution in [2.45, 2.75) is 18.4 Å². The molecule has 2 N–H and O–H groups in total. The Morgan fingerprint density at radius 1 is 1.22 bits per heavy atom. The highest BCUT2D eigenvalue weighted by Crippen LogP contribution is 2.35. The SMILES string of the molecule is NC1(C2COc3ccccc3C2=O)CCOCC1. The van der Waals surface area contributed by atoms with Gasteiger partial charge in [-0.25, -0.2) is 0 Å².